The second-order valence-corrected chi connectivity index (χ2v) is 9.19. The number of aryl methyl sites for hydroxylation is 2. The van der Waals surface area contributed by atoms with E-state index >= 15 is 0 Å². The maximum absolute atomic E-state index is 14.9. The van der Waals surface area contributed by atoms with Crippen molar-refractivity contribution in [3.8, 4) is 17.0 Å². The number of anilines is 4. The van der Waals surface area contributed by atoms with E-state index in [2.05, 4.69) is 41.0 Å². The van der Waals surface area contributed by atoms with E-state index in [0.717, 1.165) is 11.4 Å². The van der Waals surface area contributed by atoms with Crippen LogP contribution in [0.1, 0.15) is 54.3 Å². The summed E-state index contributed by atoms with van der Waals surface area (Å²) in [5.41, 5.74) is 5.53. The van der Waals surface area contributed by atoms with Gasteiger partial charge in [0.05, 0.1) is 48.2 Å². The minimum Gasteiger partial charge on any atom is -0.494 e. The van der Waals surface area contributed by atoms with Gasteiger partial charge in [-0.2, -0.15) is 0 Å². The van der Waals surface area contributed by atoms with Gasteiger partial charge in [0.25, 0.3) is 5.91 Å². The summed E-state index contributed by atoms with van der Waals surface area (Å²) in [4.78, 5) is 39.9. The molecule has 0 unspecified atom stereocenters. The zero-order chi connectivity index (χ0) is 28.8. The highest BCUT2D eigenvalue weighted by molar-refractivity contribution is 6.00. The molecule has 40 heavy (non-hydrogen) atoms. The van der Waals surface area contributed by atoms with Gasteiger partial charge in [-0.15, -0.1) is 0 Å². The fourth-order valence-corrected chi connectivity index (χ4v) is 3.93. The van der Waals surface area contributed by atoms with Crippen molar-refractivity contribution in [2.45, 2.75) is 40.5 Å². The summed E-state index contributed by atoms with van der Waals surface area (Å²) < 4.78 is 20.6. The lowest BCUT2D eigenvalue weighted by molar-refractivity contribution is 0.0365. The van der Waals surface area contributed by atoms with Crippen LogP contribution >= 0.6 is 0 Å². The average Bonchev–Trinajstić information content (AvgIpc) is 2.91. The highest BCUT2D eigenvalue weighted by Crippen LogP contribution is 2.39. The zero-order valence-corrected chi connectivity index (χ0v) is 23.2. The lowest BCUT2D eigenvalue weighted by Crippen LogP contribution is -2.24. The highest BCUT2D eigenvalue weighted by atomic mass is 19.1. The number of methoxy groups -OCH3 is 1. The van der Waals surface area contributed by atoms with Crippen LogP contribution in [-0.4, -0.2) is 44.5 Å². The van der Waals surface area contributed by atoms with Crippen LogP contribution in [0.5, 0.6) is 5.75 Å². The summed E-state index contributed by atoms with van der Waals surface area (Å²) in [5.74, 6) is 0.949. The SMILES string of the molecule is CCONC(=O)c1cnc(Nc2cc(C)nc(C)n2)cc1Nc1cc(F)cc(-c2cnc(C(C)C)cn2)c1OC. The van der Waals surface area contributed by atoms with Gasteiger partial charge in [0.1, 0.15) is 23.3 Å². The Morgan fingerprint density at radius 2 is 1.75 bits per heavy atom. The maximum atomic E-state index is 14.9. The molecule has 0 atom stereocenters. The van der Waals surface area contributed by atoms with Gasteiger partial charge in [0.2, 0.25) is 0 Å². The van der Waals surface area contributed by atoms with Crippen LogP contribution in [0.3, 0.4) is 0 Å². The van der Waals surface area contributed by atoms with Crippen molar-refractivity contribution in [1.29, 1.82) is 0 Å². The first kappa shape index (κ1) is 28.3. The van der Waals surface area contributed by atoms with E-state index in [0.29, 0.717) is 40.2 Å². The lowest BCUT2D eigenvalue weighted by atomic mass is 10.1. The Hall–Kier alpha value is -4.71. The smallest absolute Gasteiger partial charge is 0.278 e. The number of hydroxylamine groups is 1. The Kier molecular flexibility index (Phi) is 8.80. The Morgan fingerprint density at radius 3 is 2.40 bits per heavy atom. The van der Waals surface area contributed by atoms with Gasteiger partial charge in [-0.05, 0) is 32.8 Å². The summed E-state index contributed by atoms with van der Waals surface area (Å²) in [6, 6.07) is 5.97. The van der Waals surface area contributed by atoms with Crippen LogP contribution in [0.25, 0.3) is 11.3 Å². The number of carbonyl (C=O) groups is 1. The van der Waals surface area contributed by atoms with E-state index in [1.807, 2.05) is 20.8 Å². The van der Waals surface area contributed by atoms with E-state index in [4.69, 9.17) is 9.57 Å². The van der Waals surface area contributed by atoms with E-state index in [9.17, 15) is 9.18 Å². The molecule has 0 aliphatic carbocycles. The molecule has 1 amide bonds. The normalized spacial score (nSPS) is 10.9. The minimum atomic E-state index is -0.539. The number of halogens is 1. The summed E-state index contributed by atoms with van der Waals surface area (Å²) in [5, 5.41) is 6.26. The molecule has 3 aromatic heterocycles. The number of hydrogen-bond donors (Lipinski definition) is 3. The lowest BCUT2D eigenvalue weighted by Gasteiger charge is -2.18. The van der Waals surface area contributed by atoms with Gasteiger partial charge in [-0.25, -0.2) is 24.8 Å². The van der Waals surface area contributed by atoms with Crippen LogP contribution in [0.4, 0.5) is 27.4 Å². The van der Waals surface area contributed by atoms with Gasteiger partial charge in [-0.3, -0.25) is 19.6 Å². The van der Waals surface area contributed by atoms with Crippen LogP contribution < -0.4 is 20.9 Å². The predicted molar refractivity (Wildman–Crippen MR) is 149 cm³/mol. The number of nitrogens with one attached hydrogen (secondary N) is 3. The molecule has 0 fully saturated rings. The van der Waals surface area contributed by atoms with Gasteiger partial charge in [0.15, 0.2) is 5.75 Å². The van der Waals surface area contributed by atoms with Crippen LogP contribution in [0, 0.1) is 19.7 Å². The number of nitrogens with zero attached hydrogens (tertiary/aromatic N) is 5. The molecule has 1 aromatic carbocycles. The first-order valence-corrected chi connectivity index (χ1v) is 12.7. The molecule has 0 spiro atoms. The monoisotopic (exact) mass is 546 g/mol. The molecule has 208 valence electrons. The average molecular weight is 547 g/mol. The minimum absolute atomic E-state index is 0.156. The van der Waals surface area contributed by atoms with E-state index in [-0.39, 0.29) is 23.8 Å². The molecular formula is C28H31FN8O3. The maximum Gasteiger partial charge on any atom is 0.278 e. The van der Waals surface area contributed by atoms with Gasteiger partial charge in [0, 0.05) is 41.9 Å². The summed E-state index contributed by atoms with van der Waals surface area (Å²) in [7, 11) is 1.47. The Balaban J connectivity index is 1.77. The predicted octanol–water partition coefficient (Wildman–Crippen LogP) is 5.39. The number of ether oxygens (including phenoxy) is 1. The summed E-state index contributed by atoms with van der Waals surface area (Å²) >= 11 is 0. The Bertz CT molecular complexity index is 1490. The van der Waals surface area contributed by atoms with Crippen molar-refractivity contribution in [2.75, 3.05) is 24.4 Å². The van der Waals surface area contributed by atoms with Crippen molar-refractivity contribution < 1.29 is 18.8 Å². The first-order valence-electron chi connectivity index (χ1n) is 12.7. The van der Waals surface area contributed by atoms with Crippen molar-refractivity contribution >= 4 is 28.9 Å². The molecule has 4 aromatic rings. The first-order chi connectivity index (χ1) is 19.2. The topological polar surface area (TPSA) is 136 Å². The van der Waals surface area contributed by atoms with Crippen molar-refractivity contribution in [1.82, 2.24) is 30.4 Å². The fraction of sp³-hybridized carbons (Fsp3) is 0.286. The van der Waals surface area contributed by atoms with Crippen LogP contribution in [0.2, 0.25) is 0 Å². The fourth-order valence-electron chi connectivity index (χ4n) is 3.93. The van der Waals surface area contributed by atoms with Crippen LogP contribution in [0.15, 0.2) is 42.9 Å². The zero-order valence-electron chi connectivity index (χ0n) is 23.2. The quantitative estimate of drug-likeness (QED) is 0.222. The molecule has 0 bridgehead atoms. The molecule has 0 aliphatic heterocycles. The third kappa shape index (κ3) is 6.64. The molecule has 12 heteroatoms. The van der Waals surface area contributed by atoms with Gasteiger partial charge < -0.3 is 15.4 Å². The Labute approximate surface area is 231 Å². The molecule has 11 nitrogen and oxygen atoms in total. The molecular weight excluding hydrogens is 515 g/mol. The van der Waals surface area contributed by atoms with Crippen molar-refractivity contribution in [3.05, 3.63) is 71.4 Å². The van der Waals surface area contributed by atoms with E-state index in [1.165, 1.54) is 25.4 Å². The summed E-state index contributed by atoms with van der Waals surface area (Å²) in [6.07, 6.45) is 4.62. The van der Waals surface area contributed by atoms with Crippen LogP contribution in [-0.2, 0) is 4.84 Å². The third-order valence-corrected chi connectivity index (χ3v) is 5.75. The number of pyridine rings is 1. The number of benzene rings is 1. The van der Waals surface area contributed by atoms with Crippen molar-refractivity contribution in [2.24, 2.45) is 0 Å². The van der Waals surface area contributed by atoms with E-state index in [1.54, 1.807) is 38.4 Å². The summed E-state index contributed by atoms with van der Waals surface area (Å²) in [6.45, 7) is 9.68. The number of hydrogen-bond acceptors (Lipinski definition) is 10. The third-order valence-electron chi connectivity index (χ3n) is 5.75. The van der Waals surface area contributed by atoms with Gasteiger partial charge in [-0.1, -0.05) is 13.8 Å². The molecule has 0 aliphatic rings. The number of amides is 1. The second kappa shape index (κ2) is 12.4. The second-order valence-electron chi connectivity index (χ2n) is 9.19. The molecule has 3 N–H and O–H groups in total. The standard InChI is InChI=1S/C28H31FN8O3/c1-7-40-37-28(38)20-12-32-25(36-26-8-16(4)33-17(5)34-26)11-21(20)35-22-10-18(29)9-19(27(22)39-6)24-14-30-23(13-31-24)15(2)3/h8-15H,7H2,1-6H3,(H,37,38)(H2,32,33,34,35,36). The number of aromatic nitrogens is 5. The number of rotatable bonds is 10. The molecule has 0 radical (unpaired) electrons. The van der Waals surface area contributed by atoms with Gasteiger partial charge >= 0.3 is 0 Å². The molecule has 3 heterocycles. The molecule has 4 rings (SSSR count). The largest absolute Gasteiger partial charge is 0.494 e. The highest BCUT2D eigenvalue weighted by Gasteiger charge is 2.20. The van der Waals surface area contributed by atoms with Crippen molar-refractivity contribution in [3.63, 3.8) is 0 Å². The van der Waals surface area contributed by atoms with E-state index < -0.39 is 11.7 Å². The molecule has 0 saturated carbocycles. The molecule has 0 saturated heterocycles. The number of carbonyl (C=O) groups excluding carboxylic acids is 1. The Morgan fingerprint density at radius 1 is 0.950 bits per heavy atom.